The van der Waals surface area contributed by atoms with E-state index in [-0.39, 0.29) is 0 Å². The molecule has 0 unspecified atom stereocenters. The van der Waals surface area contributed by atoms with Gasteiger partial charge in [0, 0.05) is 37.2 Å². The molecule has 0 fully saturated rings. The zero-order valence-corrected chi connectivity index (χ0v) is 17.1. The van der Waals surface area contributed by atoms with E-state index in [2.05, 4.69) is 120 Å². The van der Waals surface area contributed by atoms with Gasteiger partial charge in [-0.05, 0) is 59.3 Å². The molecule has 0 spiro atoms. The summed E-state index contributed by atoms with van der Waals surface area (Å²) in [5, 5.41) is 5.26. The number of rotatable bonds is 3. The molecule has 0 bridgehead atoms. The molecule has 1 heterocycles. The van der Waals surface area contributed by atoms with E-state index in [0.717, 1.165) is 11.4 Å². The lowest BCUT2D eigenvalue weighted by atomic mass is 10.1. The van der Waals surface area contributed by atoms with Crippen LogP contribution in [0.2, 0.25) is 0 Å². The number of thiophene rings is 1. The van der Waals surface area contributed by atoms with Crippen LogP contribution in [0.1, 0.15) is 0 Å². The molecule has 0 N–H and O–H groups in total. The fraction of sp³-hybridized carbons (Fsp3) is 0. The van der Waals surface area contributed by atoms with Crippen molar-refractivity contribution in [3.05, 3.63) is 115 Å². The average molecular weight is 402 g/mol. The summed E-state index contributed by atoms with van der Waals surface area (Å²) in [4.78, 5) is 2.32. The molecule has 0 aliphatic heterocycles. The summed E-state index contributed by atoms with van der Waals surface area (Å²) in [6, 6.07) is 41.2. The van der Waals surface area contributed by atoms with Crippen LogP contribution in [0.25, 0.3) is 30.9 Å². The standard InChI is InChI=1S/C28H19NS/c1-3-11-22(12-4-1)29(23-13-5-2-6-14-23)24-15-16-25-26-17-20-9-7-8-10-21(20)18-27(26)30-28(25)19-24/h1-19H. The largest absolute Gasteiger partial charge is 0.310 e. The molecule has 1 nitrogen and oxygen atoms in total. The molecular weight excluding hydrogens is 382 g/mol. The van der Waals surface area contributed by atoms with E-state index in [9.17, 15) is 0 Å². The molecule has 30 heavy (non-hydrogen) atoms. The molecule has 5 aromatic carbocycles. The molecule has 0 aliphatic carbocycles. The predicted octanol–water partition coefficient (Wildman–Crippen LogP) is 8.68. The van der Waals surface area contributed by atoms with Crippen molar-refractivity contribution in [2.75, 3.05) is 4.90 Å². The van der Waals surface area contributed by atoms with Crippen molar-refractivity contribution in [3.8, 4) is 0 Å². The highest BCUT2D eigenvalue weighted by atomic mass is 32.1. The maximum absolute atomic E-state index is 2.33. The smallest absolute Gasteiger partial charge is 0.0476 e. The Morgan fingerprint density at radius 2 is 1.00 bits per heavy atom. The molecule has 0 saturated heterocycles. The van der Waals surface area contributed by atoms with Gasteiger partial charge in [0.25, 0.3) is 0 Å². The third-order valence-corrected chi connectivity index (χ3v) is 6.73. The number of para-hydroxylation sites is 2. The van der Waals surface area contributed by atoms with E-state index in [1.165, 1.54) is 36.6 Å². The third-order valence-electron chi connectivity index (χ3n) is 5.61. The first kappa shape index (κ1) is 17.3. The Morgan fingerprint density at radius 3 is 1.67 bits per heavy atom. The van der Waals surface area contributed by atoms with Gasteiger partial charge >= 0.3 is 0 Å². The van der Waals surface area contributed by atoms with Crippen molar-refractivity contribution in [3.63, 3.8) is 0 Å². The highest BCUT2D eigenvalue weighted by molar-refractivity contribution is 7.25. The fourth-order valence-corrected chi connectivity index (χ4v) is 5.36. The van der Waals surface area contributed by atoms with Crippen LogP contribution in [-0.2, 0) is 0 Å². The predicted molar refractivity (Wildman–Crippen MR) is 132 cm³/mol. The average Bonchev–Trinajstić information content (AvgIpc) is 3.16. The molecule has 6 rings (SSSR count). The van der Waals surface area contributed by atoms with Crippen molar-refractivity contribution < 1.29 is 0 Å². The first-order chi connectivity index (χ1) is 14.9. The summed E-state index contributed by atoms with van der Waals surface area (Å²) in [5.74, 6) is 0. The minimum atomic E-state index is 1.16. The third kappa shape index (κ3) is 2.85. The van der Waals surface area contributed by atoms with Crippen molar-refractivity contribution in [2.45, 2.75) is 0 Å². The Kier molecular flexibility index (Phi) is 4.03. The van der Waals surface area contributed by atoms with Crippen LogP contribution in [0.4, 0.5) is 17.1 Å². The summed E-state index contributed by atoms with van der Waals surface area (Å²) < 4.78 is 2.65. The summed E-state index contributed by atoms with van der Waals surface area (Å²) in [6.07, 6.45) is 0. The van der Waals surface area contributed by atoms with Crippen LogP contribution in [0, 0.1) is 0 Å². The second-order valence-electron chi connectivity index (χ2n) is 7.48. The van der Waals surface area contributed by atoms with Crippen molar-refractivity contribution >= 4 is 59.3 Å². The van der Waals surface area contributed by atoms with Gasteiger partial charge in [0.2, 0.25) is 0 Å². The number of fused-ring (bicyclic) bond motifs is 4. The van der Waals surface area contributed by atoms with Crippen molar-refractivity contribution in [1.82, 2.24) is 0 Å². The lowest BCUT2D eigenvalue weighted by Gasteiger charge is -2.25. The molecule has 6 aromatic rings. The van der Waals surface area contributed by atoms with Gasteiger partial charge in [-0.3, -0.25) is 0 Å². The van der Waals surface area contributed by atoms with E-state index in [1.807, 2.05) is 11.3 Å². The molecule has 0 amide bonds. The molecule has 0 saturated carbocycles. The Bertz CT molecular complexity index is 1440. The van der Waals surface area contributed by atoms with Crippen molar-refractivity contribution in [2.24, 2.45) is 0 Å². The Labute approximate surface area is 179 Å². The normalized spacial score (nSPS) is 11.3. The van der Waals surface area contributed by atoms with Crippen LogP contribution in [0.5, 0.6) is 0 Å². The molecular formula is C28H19NS. The first-order valence-corrected chi connectivity index (χ1v) is 10.9. The van der Waals surface area contributed by atoms with Crippen LogP contribution >= 0.6 is 11.3 Å². The fourth-order valence-electron chi connectivity index (χ4n) is 4.19. The summed E-state index contributed by atoms with van der Waals surface area (Å²) >= 11 is 1.87. The van der Waals surface area contributed by atoms with Gasteiger partial charge in [0.15, 0.2) is 0 Å². The molecule has 0 radical (unpaired) electrons. The highest BCUT2D eigenvalue weighted by Gasteiger charge is 2.14. The van der Waals surface area contributed by atoms with Crippen LogP contribution in [0.3, 0.4) is 0 Å². The van der Waals surface area contributed by atoms with Gasteiger partial charge in [-0.15, -0.1) is 11.3 Å². The van der Waals surface area contributed by atoms with E-state index >= 15 is 0 Å². The number of benzene rings is 5. The van der Waals surface area contributed by atoms with E-state index in [1.54, 1.807) is 0 Å². The van der Waals surface area contributed by atoms with Gasteiger partial charge in [-0.1, -0.05) is 66.7 Å². The van der Waals surface area contributed by atoms with Gasteiger partial charge in [-0.25, -0.2) is 0 Å². The molecule has 1 aromatic heterocycles. The Balaban J connectivity index is 1.57. The Hall–Kier alpha value is -3.62. The summed E-state index contributed by atoms with van der Waals surface area (Å²) in [6.45, 7) is 0. The summed E-state index contributed by atoms with van der Waals surface area (Å²) in [5.41, 5.74) is 3.50. The zero-order valence-electron chi connectivity index (χ0n) is 16.3. The second-order valence-corrected chi connectivity index (χ2v) is 8.57. The SMILES string of the molecule is c1ccc(N(c2ccccc2)c2ccc3c(c2)sc2cc4ccccc4cc23)cc1. The molecule has 0 aliphatic rings. The quantitative estimate of drug-likeness (QED) is 0.287. The van der Waals surface area contributed by atoms with E-state index < -0.39 is 0 Å². The van der Waals surface area contributed by atoms with Gasteiger partial charge in [-0.2, -0.15) is 0 Å². The monoisotopic (exact) mass is 401 g/mol. The van der Waals surface area contributed by atoms with Gasteiger partial charge in [0.1, 0.15) is 0 Å². The second kappa shape index (κ2) is 7.01. The zero-order chi connectivity index (χ0) is 19.9. The molecule has 0 atom stereocenters. The van der Waals surface area contributed by atoms with Crippen molar-refractivity contribution in [1.29, 1.82) is 0 Å². The van der Waals surface area contributed by atoms with E-state index in [4.69, 9.17) is 0 Å². The first-order valence-electron chi connectivity index (χ1n) is 10.1. The lowest BCUT2D eigenvalue weighted by Crippen LogP contribution is -2.09. The minimum Gasteiger partial charge on any atom is -0.310 e. The molecule has 2 heteroatoms. The maximum Gasteiger partial charge on any atom is 0.0476 e. The molecule has 142 valence electrons. The maximum atomic E-state index is 2.33. The number of hydrogen-bond acceptors (Lipinski definition) is 2. The minimum absolute atomic E-state index is 1.16. The Morgan fingerprint density at radius 1 is 0.433 bits per heavy atom. The number of anilines is 3. The topological polar surface area (TPSA) is 3.24 Å². The van der Waals surface area contributed by atoms with Gasteiger partial charge < -0.3 is 4.90 Å². The van der Waals surface area contributed by atoms with Crippen LogP contribution in [-0.4, -0.2) is 0 Å². The summed E-state index contributed by atoms with van der Waals surface area (Å²) in [7, 11) is 0. The van der Waals surface area contributed by atoms with Gasteiger partial charge in [0.05, 0.1) is 0 Å². The van der Waals surface area contributed by atoms with Crippen LogP contribution < -0.4 is 4.90 Å². The van der Waals surface area contributed by atoms with E-state index in [0.29, 0.717) is 0 Å². The number of nitrogens with zero attached hydrogens (tertiary/aromatic N) is 1. The highest BCUT2D eigenvalue weighted by Crippen LogP contribution is 2.41. The lowest BCUT2D eigenvalue weighted by molar-refractivity contribution is 1.29. The van der Waals surface area contributed by atoms with Crippen LogP contribution in [0.15, 0.2) is 115 Å². The number of hydrogen-bond donors (Lipinski definition) is 0.